The normalized spacial score (nSPS) is 16.7. The molecule has 1 N–H and O–H groups in total. The summed E-state index contributed by atoms with van der Waals surface area (Å²) in [7, 11) is -1.52. The minimum Gasteiger partial charge on any atom is -0.443 e. The van der Waals surface area contributed by atoms with Crippen LogP contribution in [0.15, 0.2) is 42.5 Å². The molecule has 1 heterocycles. The standard InChI is InChI=1S/C15H15O2P/c1-2-5-11-8-9-13-12-6-3-4-7-14(12)17-18(16)15(13)10-11/h3-4,6-10,16H,2,5H2,1H3. The zero-order valence-corrected chi connectivity index (χ0v) is 11.2. The Kier molecular flexibility index (Phi) is 3.07. The third-order valence-corrected chi connectivity index (χ3v) is 4.32. The topological polar surface area (TPSA) is 29.5 Å². The summed E-state index contributed by atoms with van der Waals surface area (Å²) in [6, 6.07) is 14.2. The van der Waals surface area contributed by atoms with Gasteiger partial charge in [0, 0.05) is 5.56 Å². The summed E-state index contributed by atoms with van der Waals surface area (Å²) in [5.41, 5.74) is 3.44. The number of rotatable bonds is 2. The van der Waals surface area contributed by atoms with Gasteiger partial charge in [-0.25, -0.2) is 0 Å². The van der Waals surface area contributed by atoms with Crippen LogP contribution in [0.1, 0.15) is 18.9 Å². The predicted octanol–water partition coefficient (Wildman–Crippen LogP) is 3.63. The molecule has 92 valence electrons. The first-order chi connectivity index (χ1) is 8.79. The van der Waals surface area contributed by atoms with Crippen LogP contribution >= 0.6 is 8.38 Å². The fourth-order valence-corrected chi connectivity index (χ4v) is 3.44. The summed E-state index contributed by atoms with van der Waals surface area (Å²) in [5.74, 6) is 0.779. The Balaban J connectivity index is 2.13. The Morgan fingerprint density at radius 2 is 1.94 bits per heavy atom. The second-order valence-electron chi connectivity index (χ2n) is 4.46. The molecule has 1 atom stereocenters. The van der Waals surface area contributed by atoms with Crippen molar-refractivity contribution in [3.8, 4) is 16.9 Å². The van der Waals surface area contributed by atoms with Crippen molar-refractivity contribution in [2.45, 2.75) is 19.8 Å². The maximum atomic E-state index is 10.1. The highest BCUT2D eigenvalue weighted by molar-refractivity contribution is 7.56. The van der Waals surface area contributed by atoms with E-state index >= 15 is 0 Å². The summed E-state index contributed by atoms with van der Waals surface area (Å²) in [6.45, 7) is 2.16. The molecule has 3 rings (SSSR count). The van der Waals surface area contributed by atoms with Crippen LogP contribution in [0.5, 0.6) is 5.75 Å². The van der Waals surface area contributed by atoms with Crippen LogP contribution in [0.3, 0.4) is 0 Å². The Labute approximate surface area is 108 Å². The van der Waals surface area contributed by atoms with E-state index in [9.17, 15) is 4.89 Å². The van der Waals surface area contributed by atoms with Gasteiger partial charge in [0.1, 0.15) is 5.75 Å². The monoisotopic (exact) mass is 258 g/mol. The summed E-state index contributed by atoms with van der Waals surface area (Å²) in [5, 5.41) is 0.939. The first kappa shape index (κ1) is 11.7. The third kappa shape index (κ3) is 1.92. The van der Waals surface area contributed by atoms with E-state index in [1.807, 2.05) is 24.3 Å². The van der Waals surface area contributed by atoms with Crippen LogP contribution in [-0.2, 0) is 6.42 Å². The smallest absolute Gasteiger partial charge is 0.262 e. The highest BCUT2D eigenvalue weighted by Gasteiger charge is 2.25. The summed E-state index contributed by atoms with van der Waals surface area (Å²) < 4.78 is 5.61. The molecule has 1 aliphatic rings. The van der Waals surface area contributed by atoms with E-state index in [2.05, 4.69) is 25.1 Å². The van der Waals surface area contributed by atoms with Gasteiger partial charge in [-0.1, -0.05) is 43.7 Å². The van der Waals surface area contributed by atoms with Crippen molar-refractivity contribution < 1.29 is 9.42 Å². The maximum Gasteiger partial charge on any atom is 0.262 e. The van der Waals surface area contributed by atoms with E-state index in [1.54, 1.807) is 0 Å². The van der Waals surface area contributed by atoms with Crippen LogP contribution in [-0.4, -0.2) is 4.89 Å². The lowest BCUT2D eigenvalue weighted by Gasteiger charge is -2.24. The van der Waals surface area contributed by atoms with Crippen LogP contribution in [0.25, 0.3) is 11.1 Å². The van der Waals surface area contributed by atoms with E-state index in [4.69, 9.17) is 4.52 Å². The lowest BCUT2D eigenvalue weighted by atomic mass is 10.0. The second-order valence-corrected chi connectivity index (χ2v) is 5.67. The largest absolute Gasteiger partial charge is 0.443 e. The van der Waals surface area contributed by atoms with E-state index in [1.165, 1.54) is 5.56 Å². The van der Waals surface area contributed by atoms with Crippen LogP contribution in [0.4, 0.5) is 0 Å². The molecule has 2 aromatic carbocycles. The fraction of sp³-hybridized carbons (Fsp3) is 0.200. The van der Waals surface area contributed by atoms with Crippen LogP contribution < -0.4 is 9.83 Å². The number of para-hydroxylation sites is 1. The van der Waals surface area contributed by atoms with E-state index in [0.717, 1.165) is 35.0 Å². The molecular formula is C15H15O2P. The molecule has 1 aliphatic heterocycles. The molecule has 0 saturated heterocycles. The Hall–Kier alpha value is -1.37. The highest BCUT2D eigenvalue weighted by Crippen LogP contribution is 2.46. The molecule has 1 unspecified atom stereocenters. The van der Waals surface area contributed by atoms with Gasteiger partial charge in [-0.3, -0.25) is 0 Å². The Bertz CT molecular complexity index is 580. The number of aryl methyl sites for hydroxylation is 1. The summed E-state index contributed by atoms with van der Waals surface area (Å²) >= 11 is 0. The molecule has 18 heavy (non-hydrogen) atoms. The molecule has 2 aromatic rings. The molecule has 2 nitrogen and oxygen atoms in total. The van der Waals surface area contributed by atoms with E-state index < -0.39 is 8.38 Å². The average molecular weight is 258 g/mol. The van der Waals surface area contributed by atoms with E-state index in [0.29, 0.717) is 0 Å². The molecule has 3 heteroatoms. The Morgan fingerprint density at radius 3 is 2.78 bits per heavy atom. The SMILES string of the molecule is CCCc1ccc2c(c1)P(O)Oc1ccccc1-2. The molecule has 0 amide bonds. The lowest BCUT2D eigenvalue weighted by molar-refractivity contribution is 0.498. The van der Waals surface area contributed by atoms with Crippen molar-refractivity contribution in [3.63, 3.8) is 0 Å². The maximum absolute atomic E-state index is 10.1. The molecule has 0 saturated carbocycles. The molecule has 0 aliphatic carbocycles. The minimum absolute atomic E-state index is 0.779. The van der Waals surface area contributed by atoms with Gasteiger partial charge < -0.3 is 9.42 Å². The van der Waals surface area contributed by atoms with Crippen molar-refractivity contribution in [1.29, 1.82) is 0 Å². The van der Waals surface area contributed by atoms with Crippen LogP contribution in [0, 0.1) is 0 Å². The first-order valence-electron chi connectivity index (χ1n) is 6.19. The molecule has 0 radical (unpaired) electrons. The number of benzene rings is 2. The zero-order chi connectivity index (χ0) is 12.5. The van der Waals surface area contributed by atoms with Gasteiger partial charge in [0.25, 0.3) is 8.38 Å². The predicted molar refractivity (Wildman–Crippen MR) is 75.3 cm³/mol. The van der Waals surface area contributed by atoms with Gasteiger partial charge in [-0.05, 0) is 29.7 Å². The second kappa shape index (κ2) is 4.72. The first-order valence-corrected chi connectivity index (χ1v) is 7.40. The van der Waals surface area contributed by atoms with Gasteiger partial charge in [0.2, 0.25) is 0 Å². The van der Waals surface area contributed by atoms with Crippen LogP contribution in [0.2, 0.25) is 0 Å². The van der Waals surface area contributed by atoms with E-state index in [-0.39, 0.29) is 0 Å². The van der Waals surface area contributed by atoms with Crippen molar-refractivity contribution >= 4 is 13.7 Å². The van der Waals surface area contributed by atoms with Gasteiger partial charge >= 0.3 is 0 Å². The highest BCUT2D eigenvalue weighted by atomic mass is 31.2. The van der Waals surface area contributed by atoms with Crippen molar-refractivity contribution in [1.82, 2.24) is 0 Å². The van der Waals surface area contributed by atoms with Crippen molar-refractivity contribution in [3.05, 3.63) is 48.0 Å². The van der Waals surface area contributed by atoms with Gasteiger partial charge in [0.15, 0.2) is 0 Å². The van der Waals surface area contributed by atoms with Gasteiger partial charge in [-0.2, -0.15) is 0 Å². The molecule has 0 aromatic heterocycles. The minimum atomic E-state index is -1.52. The molecular weight excluding hydrogens is 243 g/mol. The Morgan fingerprint density at radius 1 is 1.11 bits per heavy atom. The van der Waals surface area contributed by atoms with Gasteiger partial charge in [-0.15, -0.1) is 0 Å². The summed E-state index contributed by atoms with van der Waals surface area (Å²) in [4.78, 5) is 10.1. The third-order valence-electron chi connectivity index (χ3n) is 3.17. The van der Waals surface area contributed by atoms with Crippen molar-refractivity contribution in [2.75, 3.05) is 0 Å². The lowest BCUT2D eigenvalue weighted by Crippen LogP contribution is -2.14. The summed E-state index contributed by atoms with van der Waals surface area (Å²) in [6.07, 6.45) is 2.15. The molecule has 0 spiro atoms. The van der Waals surface area contributed by atoms with Crippen molar-refractivity contribution in [2.24, 2.45) is 0 Å². The average Bonchev–Trinajstić information content (AvgIpc) is 2.40. The molecule has 0 bridgehead atoms. The number of hydrogen-bond acceptors (Lipinski definition) is 2. The zero-order valence-electron chi connectivity index (χ0n) is 10.3. The number of hydrogen-bond donors (Lipinski definition) is 1. The molecule has 0 fully saturated rings. The quantitative estimate of drug-likeness (QED) is 0.833. The number of fused-ring (bicyclic) bond motifs is 3. The van der Waals surface area contributed by atoms with Gasteiger partial charge in [0.05, 0.1) is 5.30 Å². The fourth-order valence-electron chi connectivity index (χ4n) is 2.32.